The Morgan fingerprint density at radius 3 is 2.63 bits per heavy atom. The minimum absolute atomic E-state index is 0. The highest BCUT2D eigenvalue weighted by Gasteiger charge is 2.28. The van der Waals surface area contributed by atoms with Crippen molar-refractivity contribution in [2.75, 3.05) is 13.2 Å². The summed E-state index contributed by atoms with van der Waals surface area (Å²) >= 11 is 0. The first kappa shape index (κ1) is 15.6. The smallest absolute Gasteiger partial charge is 0.257 e. The van der Waals surface area contributed by atoms with Crippen molar-refractivity contribution < 1.29 is 14.6 Å². The average molecular weight is 287 g/mol. The van der Waals surface area contributed by atoms with Gasteiger partial charge in [-0.05, 0) is 43.0 Å². The maximum Gasteiger partial charge on any atom is 0.257 e. The van der Waals surface area contributed by atoms with E-state index in [1.165, 1.54) is 25.0 Å². The van der Waals surface area contributed by atoms with E-state index >= 15 is 0 Å². The van der Waals surface area contributed by atoms with Gasteiger partial charge in [-0.1, -0.05) is 0 Å². The first-order valence-corrected chi connectivity index (χ1v) is 6.09. The zero-order chi connectivity index (χ0) is 13.0. The number of rotatable bonds is 6. The molecule has 0 aliphatic heterocycles. The molecule has 1 atom stereocenters. The van der Waals surface area contributed by atoms with E-state index in [1.54, 1.807) is 12.1 Å². The van der Waals surface area contributed by atoms with Gasteiger partial charge in [0.2, 0.25) is 0 Å². The summed E-state index contributed by atoms with van der Waals surface area (Å²) in [5, 5.41) is 11.8. The predicted molar refractivity (Wildman–Crippen MR) is 74.6 cm³/mol. The highest BCUT2D eigenvalue weighted by atomic mass is 35.5. The van der Waals surface area contributed by atoms with Crippen molar-refractivity contribution in [2.45, 2.75) is 18.9 Å². The van der Waals surface area contributed by atoms with Gasteiger partial charge in [-0.2, -0.15) is 0 Å². The Balaban J connectivity index is 0.00000180. The summed E-state index contributed by atoms with van der Waals surface area (Å²) in [5.41, 5.74) is 5.87. The van der Waals surface area contributed by atoms with Crippen molar-refractivity contribution in [3.8, 4) is 11.5 Å². The van der Waals surface area contributed by atoms with Crippen LogP contribution in [0.3, 0.4) is 0 Å². The monoisotopic (exact) mass is 286 g/mol. The molecule has 0 bridgehead atoms. The van der Waals surface area contributed by atoms with Gasteiger partial charge in [-0.3, -0.25) is 4.79 Å². The first-order chi connectivity index (χ1) is 8.65. The molecule has 19 heavy (non-hydrogen) atoms. The molecule has 1 unspecified atom stereocenters. The lowest BCUT2D eigenvalue weighted by Crippen LogP contribution is -2.40. The predicted octanol–water partition coefficient (Wildman–Crippen LogP) is 1.05. The maximum absolute atomic E-state index is 11.5. The summed E-state index contributed by atoms with van der Waals surface area (Å²) in [6, 6.07) is 6.30. The molecule has 1 fully saturated rings. The van der Waals surface area contributed by atoms with Crippen LogP contribution in [-0.4, -0.2) is 30.2 Å². The van der Waals surface area contributed by atoms with Crippen LogP contribution >= 0.6 is 12.4 Å². The van der Waals surface area contributed by atoms with Gasteiger partial charge in [-0.25, -0.2) is 0 Å². The minimum Gasteiger partial charge on any atom is -0.508 e. The molecule has 5 nitrogen and oxygen atoms in total. The molecule has 4 N–H and O–H groups in total. The summed E-state index contributed by atoms with van der Waals surface area (Å²) in [6.07, 6.45) is 2.34. The van der Waals surface area contributed by atoms with Crippen molar-refractivity contribution in [3.05, 3.63) is 24.3 Å². The molecule has 106 valence electrons. The molecule has 2 rings (SSSR count). The van der Waals surface area contributed by atoms with Crippen molar-refractivity contribution in [2.24, 2.45) is 11.7 Å². The molecule has 1 aromatic carbocycles. The third-order valence-corrected chi connectivity index (χ3v) is 2.97. The lowest BCUT2D eigenvalue weighted by atomic mass is 10.2. The summed E-state index contributed by atoms with van der Waals surface area (Å²) in [7, 11) is 0. The lowest BCUT2D eigenvalue weighted by molar-refractivity contribution is -0.123. The normalized spacial score (nSPS) is 15.2. The number of nitrogens with two attached hydrogens (primary N) is 1. The quantitative estimate of drug-likeness (QED) is 0.730. The number of phenolic OH excluding ortho intramolecular Hbond substituents is 1. The topological polar surface area (TPSA) is 84.6 Å². The summed E-state index contributed by atoms with van der Waals surface area (Å²) < 4.78 is 5.27. The number of benzene rings is 1. The van der Waals surface area contributed by atoms with Gasteiger partial charge in [0, 0.05) is 12.6 Å². The van der Waals surface area contributed by atoms with E-state index in [-0.39, 0.29) is 36.7 Å². The highest BCUT2D eigenvalue weighted by molar-refractivity contribution is 5.85. The number of hydrogen-bond acceptors (Lipinski definition) is 4. The van der Waals surface area contributed by atoms with Crippen LogP contribution in [0.25, 0.3) is 0 Å². The van der Waals surface area contributed by atoms with Crippen molar-refractivity contribution in [1.82, 2.24) is 5.32 Å². The molecule has 0 heterocycles. The van der Waals surface area contributed by atoms with Gasteiger partial charge in [0.25, 0.3) is 5.91 Å². The second-order valence-corrected chi connectivity index (χ2v) is 4.59. The Morgan fingerprint density at radius 2 is 2.05 bits per heavy atom. The van der Waals surface area contributed by atoms with E-state index in [2.05, 4.69) is 5.32 Å². The molecule has 1 saturated carbocycles. The van der Waals surface area contributed by atoms with E-state index in [0.29, 0.717) is 18.2 Å². The Bertz CT molecular complexity index is 407. The van der Waals surface area contributed by atoms with E-state index in [0.717, 1.165) is 0 Å². The molecule has 0 saturated heterocycles. The molecule has 6 heteroatoms. The van der Waals surface area contributed by atoms with E-state index < -0.39 is 0 Å². The number of carbonyl (C=O) groups is 1. The molecule has 1 aliphatic rings. The molecule has 1 aromatic rings. The van der Waals surface area contributed by atoms with Gasteiger partial charge in [0.05, 0.1) is 0 Å². The van der Waals surface area contributed by atoms with Gasteiger partial charge in [-0.15, -0.1) is 12.4 Å². The van der Waals surface area contributed by atoms with Gasteiger partial charge in [0.1, 0.15) is 11.5 Å². The van der Waals surface area contributed by atoms with Crippen LogP contribution < -0.4 is 15.8 Å². The van der Waals surface area contributed by atoms with E-state index in [4.69, 9.17) is 15.6 Å². The molecule has 0 aromatic heterocycles. The number of hydrogen-bond donors (Lipinski definition) is 3. The molecular formula is C13H19ClN2O3. The maximum atomic E-state index is 11.5. The minimum atomic E-state index is -0.181. The summed E-state index contributed by atoms with van der Waals surface area (Å²) in [4.78, 5) is 11.5. The highest BCUT2D eigenvalue weighted by Crippen LogP contribution is 2.31. The van der Waals surface area contributed by atoms with Crippen LogP contribution in [0.4, 0.5) is 0 Å². The van der Waals surface area contributed by atoms with E-state index in [1.807, 2.05) is 0 Å². The third kappa shape index (κ3) is 5.36. The van der Waals surface area contributed by atoms with Crippen LogP contribution in [0.1, 0.15) is 12.8 Å². The Kier molecular flexibility index (Phi) is 5.92. The number of aromatic hydroxyl groups is 1. The number of carbonyl (C=O) groups excluding carboxylic acids is 1. The average Bonchev–Trinajstić information content (AvgIpc) is 3.19. The Hall–Kier alpha value is -1.46. The summed E-state index contributed by atoms with van der Waals surface area (Å²) in [6.45, 7) is 0.463. The molecule has 1 amide bonds. The zero-order valence-electron chi connectivity index (χ0n) is 10.5. The first-order valence-electron chi connectivity index (χ1n) is 6.09. The molecule has 0 spiro atoms. The third-order valence-electron chi connectivity index (χ3n) is 2.97. The largest absolute Gasteiger partial charge is 0.508 e. The molecular weight excluding hydrogens is 268 g/mol. The SMILES string of the molecule is Cl.NC(CNC(=O)COc1ccc(O)cc1)C1CC1. The fourth-order valence-electron chi connectivity index (χ4n) is 1.67. The van der Waals surface area contributed by atoms with E-state index in [9.17, 15) is 4.79 Å². The number of halogens is 1. The van der Waals surface area contributed by atoms with Gasteiger partial charge in [0.15, 0.2) is 6.61 Å². The van der Waals surface area contributed by atoms with Crippen LogP contribution in [0.5, 0.6) is 11.5 Å². The molecule has 1 aliphatic carbocycles. The number of nitrogens with one attached hydrogen (secondary N) is 1. The van der Waals surface area contributed by atoms with Gasteiger partial charge >= 0.3 is 0 Å². The van der Waals surface area contributed by atoms with Crippen LogP contribution in [0.2, 0.25) is 0 Å². The number of ether oxygens (including phenoxy) is 1. The lowest BCUT2D eigenvalue weighted by Gasteiger charge is -2.12. The van der Waals surface area contributed by atoms with Crippen molar-refractivity contribution in [1.29, 1.82) is 0 Å². The Morgan fingerprint density at radius 1 is 1.42 bits per heavy atom. The molecule has 0 radical (unpaired) electrons. The van der Waals surface area contributed by atoms with Crippen molar-refractivity contribution in [3.63, 3.8) is 0 Å². The fraction of sp³-hybridized carbons (Fsp3) is 0.462. The number of amides is 1. The van der Waals surface area contributed by atoms with Crippen molar-refractivity contribution >= 4 is 18.3 Å². The standard InChI is InChI=1S/C13H18N2O3.ClH/c14-12(9-1-2-9)7-15-13(17)8-18-11-5-3-10(16)4-6-11;/h3-6,9,12,16H,1-2,7-8,14H2,(H,15,17);1H. The van der Waals surface area contributed by atoms with Gasteiger partial charge < -0.3 is 20.9 Å². The number of phenols is 1. The second kappa shape index (κ2) is 7.21. The Labute approximate surface area is 118 Å². The zero-order valence-corrected chi connectivity index (χ0v) is 11.4. The van der Waals surface area contributed by atoms with Crippen LogP contribution in [0.15, 0.2) is 24.3 Å². The van der Waals surface area contributed by atoms with Crippen LogP contribution in [0, 0.1) is 5.92 Å². The second-order valence-electron chi connectivity index (χ2n) is 4.59. The van der Waals surface area contributed by atoms with Crippen LogP contribution in [-0.2, 0) is 4.79 Å². The fourth-order valence-corrected chi connectivity index (χ4v) is 1.67. The summed E-state index contributed by atoms with van der Waals surface area (Å²) in [5.74, 6) is 1.11.